The van der Waals surface area contributed by atoms with E-state index in [0.29, 0.717) is 12.6 Å². The van der Waals surface area contributed by atoms with Crippen molar-refractivity contribution < 1.29 is 9.26 Å². The molecule has 1 unspecified atom stereocenters. The minimum Gasteiger partial charge on any atom is -0.494 e. The molecule has 3 heterocycles. The van der Waals surface area contributed by atoms with Crippen molar-refractivity contribution in [2.75, 3.05) is 13.2 Å². The van der Waals surface area contributed by atoms with Crippen molar-refractivity contribution in [3.8, 4) is 17.0 Å². The molecule has 0 bridgehead atoms. The van der Waals surface area contributed by atoms with E-state index in [-0.39, 0.29) is 0 Å². The SMILES string of the molecule is CCOc1ccc(-c2[nH]ncc2CN2CCCC2c2c(C)noc2CC)cc1. The van der Waals surface area contributed by atoms with E-state index in [4.69, 9.17) is 9.26 Å². The number of aromatic nitrogens is 3. The Bertz CT molecular complexity index is 913. The highest BCUT2D eigenvalue weighted by Gasteiger charge is 2.31. The molecule has 148 valence electrons. The standard InChI is InChI=1S/C22H28N4O2/c1-4-20-21(15(3)25-28-20)19-7-6-12-26(19)14-17-13-23-24-22(17)16-8-10-18(11-9-16)27-5-2/h8-11,13,19H,4-7,12,14H2,1-3H3,(H,23,24). The molecular formula is C22H28N4O2. The van der Waals surface area contributed by atoms with Gasteiger partial charge in [0.25, 0.3) is 0 Å². The summed E-state index contributed by atoms with van der Waals surface area (Å²) in [5, 5.41) is 11.7. The Labute approximate surface area is 165 Å². The van der Waals surface area contributed by atoms with Gasteiger partial charge in [-0.05, 0) is 57.5 Å². The average molecular weight is 380 g/mol. The van der Waals surface area contributed by atoms with Crippen LogP contribution in [-0.2, 0) is 13.0 Å². The number of hydrogen-bond donors (Lipinski definition) is 1. The molecule has 0 radical (unpaired) electrons. The third-order valence-corrected chi connectivity index (χ3v) is 5.55. The Kier molecular flexibility index (Phi) is 5.48. The van der Waals surface area contributed by atoms with Gasteiger partial charge in [-0.1, -0.05) is 12.1 Å². The van der Waals surface area contributed by atoms with Crippen LogP contribution in [-0.4, -0.2) is 33.4 Å². The third-order valence-electron chi connectivity index (χ3n) is 5.55. The molecule has 1 aliphatic rings. The fourth-order valence-corrected chi connectivity index (χ4v) is 4.23. The smallest absolute Gasteiger partial charge is 0.141 e. The summed E-state index contributed by atoms with van der Waals surface area (Å²) in [5.41, 5.74) is 5.72. The lowest BCUT2D eigenvalue weighted by atomic mass is 10.0. The molecule has 1 atom stereocenters. The molecule has 0 spiro atoms. The predicted octanol–water partition coefficient (Wildman–Crippen LogP) is 4.67. The molecule has 1 N–H and O–H groups in total. The number of nitrogens with zero attached hydrogens (tertiary/aromatic N) is 3. The van der Waals surface area contributed by atoms with Crippen LogP contribution in [0.5, 0.6) is 5.75 Å². The Morgan fingerprint density at radius 3 is 2.82 bits per heavy atom. The van der Waals surface area contributed by atoms with Gasteiger partial charge in [0.15, 0.2) is 0 Å². The van der Waals surface area contributed by atoms with Crippen LogP contribution in [0.25, 0.3) is 11.3 Å². The van der Waals surface area contributed by atoms with Crippen LogP contribution >= 0.6 is 0 Å². The topological polar surface area (TPSA) is 67.2 Å². The number of rotatable bonds is 7. The summed E-state index contributed by atoms with van der Waals surface area (Å²) in [6, 6.07) is 8.56. The molecule has 1 aromatic carbocycles. The summed E-state index contributed by atoms with van der Waals surface area (Å²) in [6.07, 6.45) is 5.16. The molecular weight excluding hydrogens is 352 g/mol. The Balaban J connectivity index is 1.56. The first-order valence-electron chi connectivity index (χ1n) is 10.2. The van der Waals surface area contributed by atoms with Gasteiger partial charge in [0, 0.05) is 35.7 Å². The minimum atomic E-state index is 0.365. The largest absolute Gasteiger partial charge is 0.494 e. The molecule has 4 rings (SSSR count). The van der Waals surface area contributed by atoms with E-state index < -0.39 is 0 Å². The van der Waals surface area contributed by atoms with Crippen LogP contribution in [0, 0.1) is 6.92 Å². The van der Waals surface area contributed by atoms with E-state index in [2.05, 4.69) is 46.2 Å². The summed E-state index contributed by atoms with van der Waals surface area (Å²) in [6.45, 7) is 8.78. The minimum absolute atomic E-state index is 0.365. The van der Waals surface area contributed by atoms with E-state index in [0.717, 1.165) is 54.4 Å². The van der Waals surface area contributed by atoms with E-state index in [1.165, 1.54) is 17.5 Å². The quantitative estimate of drug-likeness (QED) is 0.645. The molecule has 1 fully saturated rings. The summed E-state index contributed by atoms with van der Waals surface area (Å²) in [4.78, 5) is 2.53. The van der Waals surface area contributed by atoms with E-state index in [1.807, 2.05) is 25.3 Å². The zero-order chi connectivity index (χ0) is 19.5. The maximum Gasteiger partial charge on any atom is 0.141 e. The molecule has 3 aromatic rings. The van der Waals surface area contributed by atoms with Crippen LogP contribution in [0.3, 0.4) is 0 Å². The number of likely N-dealkylation sites (tertiary alicyclic amines) is 1. The highest BCUT2D eigenvalue weighted by Crippen LogP contribution is 2.37. The lowest BCUT2D eigenvalue weighted by Gasteiger charge is -2.24. The van der Waals surface area contributed by atoms with E-state index in [9.17, 15) is 0 Å². The number of hydrogen-bond acceptors (Lipinski definition) is 5. The molecule has 1 aliphatic heterocycles. The number of H-pyrrole nitrogens is 1. The molecule has 2 aromatic heterocycles. The van der Waals surface area contributed by atoms with Crippen LogP contribution in [0.1, 0.15) is 55.3 Å². The Hall–Kier alpha value is -2.60. The van der Waals surface area contributed by atoms with E-state index >= 15 is 0 Å². The highest BCUT2D eigenvalue weighted by molar-refractivity contribution is 5.63. The second kappa shape index (κ2) is 8.19. The van der Waals surface area contributed by atoms with Crippen LogP contribution in [0.15, 0.2) is 35.0 Å². The summed E-state index contributed by atoms with van der Waals surface area (Å²) < 4.78 is 11.1. The van der Waals surface area contributed by atoms with Gasteiger partial charge in [0.1, 0.15) is 11.5 Å². The first-order chi connectivity index (χ1) is 13.7. The normalized spacial score (nSPS) is 17.3. The first kappa shape index (κ1) is 18.7. The lowest BCUT2D eigenvalue weighted by Crippen LogP contribution is -2.23. The lowest BCUT2D eigenvalue weighted by molar-refractivity contribution is 0.245. The van der Waals surface area contributed by atoms with Gasteiger partial charge in [0.2, 0.25) is 0 Å². The van der Waals surface area contributed by atoms with Crippen LogP contribution < -0.4 is 4.74 Å². The Morgan fingerprint density at radius 2 is 2.07 bits per heavy atom. The monoisotopic (exact) mass is 380 g/mol. The number of ether oxygens (including phenoxy) is 1. The molecule has 0 amide bonds. The maximum absolute atomic E-state index is 5.56. The van der Waals surface area contributed by atoms with Gasteiger partial charge in [-0.25, -0.2) is 0 Å². The molecule has 0 aliphatic carbocycles. The molecule has 28 heavy (non-hydrogen) atoms. The van der Waals surface area contributed by atoms with Crippen molar-refractivity contribution in [2.45, 2.75) is 52.6 Å². The predicted molar refractivity (Wildman–Crippen MR) is 108 cm³/mol. The Morgan fingerprint density at radius 1 is 1.25 bits per heavy atom. The van der Waals surface area contributed by atoms with Crippen LogP contribution in [0.2, 0.25) is 0 Å². The number of aromatic amines is 1. The number of benzene rings is 1. The summed E-state index contributed by atoms with van der Waals surface area (Å²) >= 11 is 0. The zero-order valence-electron chi connectivity index (χ0n) is 16.9. The molecule has 6 heteroatoms. The van der Waals surface area contributed by atoms with Gasteiger partial charge >= 0.3 is 0 Å². The zero-order valence-corrected chi connectivity index (χ0v) is 16.9. The van der Waals surface area contributed by atoms with Gasteiger partial charge < -0.3 is 9.26 Å². The third kappa shape index (κ3) is 3.56. The van der Waals surface area contributed by atoms with Crippen molar-refractivity contribution in [1.82, 2.24) is 20.3 Å². The fraction of sp³-hybridized carbons (Fsp3) is 0.455. The van der Waals surface area contributed by atoms with Gasteiger partial charge in [-0.15, -0.1) is 0 Å². The first-order valence-corrected chi connectivity index (χ1v) is 10.2. The van der Waals surface area contributed by atoms with Crippen molar-refractivity contribution in [3.63, 3.8) is 0 Å². The molecule has 1 saturated heterocycles. The van der Waals surface area contributed by atoms with Crippen molar-refractivity contribution in [1.29, 1.82) is 0 Å². The number of nitrogens with one attached hydrogen (secondary N) is 1. The second-order valence-corrected chi connectivity index (χ2v) is 7.31. The van der Waals surface area contributed by atoms with Crippen molar-refractivity contribution in [3.05, 3.63) is 53.0 Å². The summed E-state index contributed by atoms with van der Waals surface area (Å²) in [7, 11) is 0. The van der Waals surface area contributed by atoms with E-state index in [1.54, 1.807) is 0 Å². The molecule has 6 nitrogen and oxygen atoms in total. The van der Waals surface area contributed by atoms with Gasteiger partial charge in [-0.3, -0.25) is 10.00 Å². The summed E-state index contributed by atoms with van der Waals surface area (Å²) in [5.74, 6) is 1.91. The average Bonchev–Trinajstić information content (AvgIpc) is 3.43. The van der Waals surface area contributed by atoms with Gasteiger partial charge in [-0.2, -0.15) is 5.10 Å². The van der Waals surface area contributed by atoms with Crippen molar-refractivity contribution >= 4 is 0 Å². The highest BCUT2D eigenvalue weighted by atomic mass is 16.5. The van der Waals surface area contributed by atoms with Crippen LogP contribution in [0.4, 0.5) is 0 Å². The van der Waals surface area contributed by atoms with Gasteiger partial charge in [0.05, 0.1) is 24.2 Å². The van der Waals surface area contributed by atoms with Crippen molar-refractivity contribution in [2.24, 2.45) is 0 Å². The maximum atomic E-state index is 5.56. The fourth-order valence-electron chi connectivity index (χ4n) is 4.23. The molecule has 0 saturated carbocycles. The number of aryl methyl sites for hydroxylation is 2. The second-order valence-electron chi connectivity index (χ2n) is 7.31.